The fourth-order valence-corrected chi connectivity index (χ4v) is 3.07. The molecule has 126 valence electrons. The molecular weight excluding hydrogens is 304 g/mol. The Bertz CT molecular complexity index is 758. The molecule has 1 atom stereocenters. The van der Waals surface area contributed by atoms with Gasteiger partial charge in [0.2, 0.25) is 0 Å². The van der Waals surface area contributed by atoms with Gasteiger partial charge in [-0.15, -0.1) is 0 Å². The zero-order valence-electron chi connectivity index (χ0n) is 14.4. The summed E-state index contributed by atoms with van der Waals surface area (Å²) in [6.45, 7) is 4.03. The Morgan fingerprint density at radius 1 is 1.04 bits per heavy atom. The summed E-state index contributed by atoms with van der Waals surface area (Å²) in [7, 11) is 3.22. The average molecular weight is 326 g/mol. The molecule has 1 amide bonds. The molecule has 0 bridgehead atoms. The molecule has 0 fully saturated rings. The highest BCUT2D eigenvalue weighted by molar-refractivity contribution is 6.01. The van der Waals surface area contributed by atoms with Gasteiger partial charge in [-0.3, -0.25) is 4.79 Å². The van der Waals surface area contributed by atoms with E-state index in [2.05, 4.69) is 5.32 Å². The van der Waals surface area contributed by atoms with E-state index in [1.54, 1.807) is 14.2 Å². The fourth-order valence-electron chi connectivity index (χ4n) is 3.07. The highest BCUT2D eigenvalue weighted by atomic mass is 16.5. The van der Waals surface area contributed by atoms with Crippen LogP contribution in [0.15, 0.2) is 42.5 Å². The van der Waals surface area contributed by atoms with Crippen molar-refractivity contribution in [2.75, 3.05) is 19.5 Å². The van der Waals surface area contributed by atoms with Crippen LogP contribution in [0.4, 0.5) is 5.69 Å². The number of para-hydroxylation sites is 1. The van der Waals surface area contributed by atoms with Crippen LogP contribution in [0.5, 0.6) is 11.5 Å². The smallest absolute Gasteiger partial charge is 0.258 e. The van der Waals surface area contributed by atoms with Crippen LogP contribution in [0.1, 0.15) is 35.9 Å². The van der Waals surface area contributed by atoms with Gasteiger partial charge in [0.05, 0.1) is 19.8 Å². The van der Waals surface area contributed by atoms with E-state index in [4.69, 9.17) is 9.47 Å². The summed E-state index contributed by atoms with van der Waals surface area (Å²) in [6.07, 6.45) is -0.257. The second kappa shape index (κ2) is 6.43. The SMILES string of the molecule is COc1ccc(C2Nc3ccccc3C(=O)N2C(C)C)cc1OC. The van der Waals surface area contributed by atoms with Gasteiger partial charge in [-0.2, -0.15) is 0 Å². The van der Waals surface area contributed by atoms with Crippen LogP contribution in [-0.2, 0) is 0 Å². The van der Waals surface area contributed by atoms with Crippen molar-refractivity contribution in [1.82, 2.24) is 4.90 Å². The van der Waals surface area contributed by atoms with Gasteiger partial charge in [0.1, 0.15) is 6.17 Å². The summed E-state index contributed by atoms with van der Waals surface area (Å²) in [5, 5.41) is 3.47. The van der Waals surface area contributed by atoms with Crippen molar-refractivity contribution in [2.45, 2.75) is 26.1 Å². The van der Waals surface area contributed by atoms with E-state index in [-0.39, 0.29) is 18.1 Å². The van der Waals surface area contributed by atoms with Crippen LogP contribution in [0.2, 0.25) is 0 Å². The van der Waals surface area contributed by atoms with Gasteiger partial charge in [0.15, 0.2) is 11.5 Å². The number of methoxy groups -OCH3 is 2. The summed E-state index contributed by atoms with van der Waals surface area (Å²) < 4.78 is 10.7. The minimum atomic E-state index is -0.257. The molecule has 0 spiro atoms. The number of nitrogens with one attached hydrogen (secondary N) is 1. The summed E-state index contributed by atoms with van der Waals surface area (Å²) >= 11 is 0. The lowest BCUT2D eigenvalue weighted by Gasteiger charge is -2.40. The molecule has 1 aliphatic heterocycles. The van der Waals surface area contributed by atoms with Crippen LogP contribution in [0.3, 0.4) is 0 Å². The molecule has 3 rings (SSSR count). The predicted octanol–water partition coefficient (Wildman–Crippen LogP) is 3.68. The first-order valence-corrected chi connectivity index (χ1v) is 7.97. The number of ether oxygens (including phenoxy) is 2. The van der Waals surface area contributed by atoms with Crippen LogP contribution in [-0.4, -0.2) is 31.1 Å². The summed E-state index contributed by atoms with van der Waals surface area (Å²) in [5.41, 5.74) is 2.49. The number of hydrogen-bond donors (Lipinski definition) is 1. The quantitative estimate of drug-likeness (QED) is 0.931. The van der Waals surface area contributed by atoms with Gasteiger partial charge in [-0.05, 0) is 43.7 Å². The second-order valence-electron chi connectivity index (χ2n) is 6.01. The molecule has 5 heteroatoms. The van der Waals surface area contributed by atoms with Gasteiger partial charge < -0.3 is 19.7 Å². The summed E-state index contributed by atoms with van der Waals surface area (Å²) in [4.78, 5) is 14.8. The van der Waals surface area contributed by atoms with Crippen LogP contribution in [0.25, 0.3) is 0 Å². The van der Waals surface area contributed by atoms with E-state index < -0.39 is 0 Å². The molecule has 1 unspecified atom stereocenters. The van der Waals surface area contributed by atoms with Gasteiger partial charge in [-0.1, -0.05) is 18.2 Å². The molecule has 24 heavy (non-hydrogen) atoms. The minimum Gasteiger partial charge on any atom is -0.493 e. The maximum absolute atomic E-state index is 12.9. The normalized spacial score (nSPS) is 16.6. The van der Waals surface area contributed by atoms with Crippen molar-refractivity contribution in [3.63, 3.8) is 0 Å². The summed E-state index contributed by atoms with van der Waals surface area (Å²) in [5.74, 6) is 1.34. The maximum Gasteiger partial charge on any atom is 0.258 e. The molecule has 0 saturated heterocycles. The van der Waals surface area contributed by atoms with Gasteiger partial charge in [-0.25, -0.2) is 0 Å². The van der Waals surface area contributed by atoms with E-state index in [0.717, 1.165) is 11.3 Å². The lowest BCUT2D eigenvalue weighted by molar-refractivity contribution is 0.0616. The third kappa shape index (κ3) is 2.66. The molecule has 1 aliphatic rings. The van der Waals surface area contributed by atoms with Crippen molar-refractivity contribution >= 4 is 11.6 Å². The molecule has 5 nitrogen and oxygen atoms in total. The molecule has 0 aromatic heterocycles. The van der Waals surface area contributed by atoms with Crippen LogP contribution < -0.4 is 14.8 Å². The van der Waals surface area contributed by atoms with Gasteiger partial charge >= 0.3 is 0 Å². The fraction of sp³-hybridized carbons (Fsp3) is 0.316. The van der Waals surface area contributed by atoms with Gasteiger partial charge in [0.25, 0.3) is 5.91 Å². The monoisotopic (exact) mass is 326 g/mol. The van der Waals surface area contributed by atoms with Crippen LogP contribution >= 0.6 is 0 Å². The lowest BCUT2D eigenvalue weighted by Crippen LogP contribution is -2.46. The number of carbonyl (C=O) groups excluding carboxylic acids is 1. The Hall–Kier alpha value is -2.69. The predicted molar refractivity (Wildman–Crippen MR) is 93.7 cm³/mol. The molecule has 0 saturated carbocycles. The van der Waals surface area contributed by atoms with E-state index in [0.29, 0.717) is 17.1 Å². The van der Waals surface area contributed by atoms with Crippen molar-refractivity contribution in [3.8, 4) is 11.5 Å². The number of amides is 1. The topological polar surface area (TPSA) is 50.8 Å². The lowest BCUT2D eigenvalue weighted by atomic mass is 10.0. The second-order valence-corrected chi connectivity index (χ2v) is 6.01. The largest absolute Gasteiger partial charge is 0.493 e. The first kappa shape index (κ1) is 16.2. The third-order valence-corrected chi connectivity index (χ3v) is 4.24. The standard InChI is InChI=1S/C19H22N2O3/c1-12(2)21-18(13-9-10-16(23-3)17(11-13)24-4)20-15-8-6-5-7-14(15)19(21)22/h5-12,18,20H,1-4H3. The highest BCUT2D eigenvalue weighted by Gasteiger charge is 2.34. The molecule has 0 aliphatic carbocycles. The number of benzene rings is 2. The Balaban J connectivity index is 2.07. The van der Waals surface area contributed by atoms with E-state index in [9.17, 15) is 4.79 Å². The zero-order chi connectivity index (χ0) is 17.3. The zero-order valence-corrected chi connectivity index (χ0v) is 14.4. The minimum absolute atomic E-state index is 0.0270. The molecule has 2 aromatic carbocycles. The van der Waals surface area contributed by atoms with Crippen LogP contribution in [0, 0.1) is 0 Å². The van der Waals surface area contributed by atoms with E-state index in [1.807, 2.05) is 61.2 Å². The van der Waals surface area contributed by atoms with Gasteiger partial charge in [0, 0.05) is 11.7 Å². The molecule has 0 radical (unpaired) electrons. The Morgan fingerprint density at radius 3 is 2.42 bits per heavy atom. The maximum atomic E-state index is 12.9. The van der Waals surface area contributed by atoms with Crippen molar-refractivity contribution in [2.24, 2.45) is 0 Å². The van der Waals surface area contributed by atoms with Crippen molar-refractivity contribution in [1.29, 1.82) is 0 Å². The average Bonchev–Trinajstić information content (AvgIpc) is 2.60. The number of fused-ring (bicyclic) bond motifs is 1. The first-order chi connectivity index (χ1) is 11.6. The molecule has 2 aromatic rings. The third-order valence-electron chi connectivity index (χ3n) is 4.24. The molecule has 1 N–H and O–H groups in total. The molecular formula is C19H22N2O3. The molecule has 1 heterocycles. The number of nitrogens with zero attached hydrogens (tertiary/aromatic N) is 1. The van der Waals surface area contributed by atoms with Crippen molar-refractivity contribution < 1.29 is 14.3 Å². The Morgan fingerprint density at radius 2 is 1.75 bits per heavy atom. The highest BCUT2D eigenvalue weighted by Crippen LogP contribution is 2.37. The number of carbonyl (C=O) groups is 1. The summed E-state index contributed by atoms with van der Waals surface area (Å²) in [6, 6.07) is 13.4. The Kier molecular flexibility index (Phi) is 4.34. The van der Waals surface area contributed by atoms with E-state index >= 15 is 0 Å². The number of rotatable bonds is 4. The first-order valence-electron chi connectivity index (χ1n) is 7.97. The Labute approximate surface area is 142 Å². The van der Waals surface area contributed by atoms with Crippen molar-refractivity contribution in [3.05, 3.63) is 53.6 Å². The van der Waals surface area contributed by atoms with E-state index in [1.165, 1.54) is 0 Å². The number of anilines is 1. The number of hydrogen-bond acceptors (Lipinski definition) is 4.